The third kappa shape index (κ3) is 10.1. The van der Waals surface area contributed by atoms with Crippen molar-refractivity contribution >= 4 is 101 Å². The van der Waals surface area contributed by atoms with Crippen molar-refractivity contribution in [3.63, 3.8) is 0 Å². The third-order valence-electron chi connectivity index (χ3n) is 1.03. The van der Waals surface area contributed by atoms with Crippen LogP contribution in [0.4, 0.5) is 4.79 Å². The normalized spacial score (nSPS) is 43.9. The second-order valence-corrected chi connectivity index (χ2v) is 42.1. The highest BCUT2D eigenvalue weighted by molar-refractivity contribution is 8.96. The molecular formula is CH12O2P12. The molecular weight excluding hydrogens is 416 g/mol. The zero-order valence-corrected chi connectivity index (χ0v) is 19.2. The van der Waals surface area contributed by atoms with Gasteiger partial charge in [0.25, 0.3) is 0 Å². The molecule has 0 amide bonds. The van der Waals surface area contributed by atoms with Gasteiger partial charge >= 0.3 is 5.71 Å². The summed E-state index contributed by atoms with van der Waals surface area (Å²) < 4.78 is 0. The van der Waals surface area contributed by atoms with Crippen LogP contribution in [0.15, 0.2) is 0 Å². The van der Waals surface area contributed by atoms with Gasteiger partial charge in [-0.15, -0.1) is 0 Å². The van der Waals surface area contributed by atoms with E-state index in [1.54, 1.807) is 0 Å². The van der Waals surface area contributed by atoms with Crippen molar-refractivity contribution in [1.29, 1.82) is 0 Å². The molecule has 1 fully saturated rings. The fraction of sp³-hybridized carbons (Fsp3) is 0. The lowest BCUT2D eigenvalue weighted by atomic mass is 11.6. The Morgan fingerprint density at radius 2 is 1.07 bits per heavy atom. The first kappa shape index (κ1) is 17.7. The van der Waals surface area contributed by atoms with Crippen LogP contribution in [-0.2, 0) is 0 Å². The molecule has 0 spiro atoms. The third-order valence-corrected chi connectivity index (χ3v) is 63.4. The highest BCUT2D eigenvalue weighted by Crippen LogP contribution is 2.92. The fourth-order valence-corrected chi connectivity index (χ4v) is 94.2. The highest BCUT2D eigenvalue weighted by Gasteiger charge is 2.16. The number of rotatable bonds is 1. The van der Waals surface area contributed by atoms with Gasteiger partial charge in [0.1, 0.15) is 0 Å². The minimum Gasteiger partial charge on any atom is -0.478 e. The van der Waals surface area contributed by atoms with Crippen LogP contribution < -0.4 is 0 Å². The van der Waals surface area contributed by atoms with Crippen LogP contribution in [-0.4, -0.2) is 10.8 Å². The zero-order chi connectivity index (χ0) is 10.9. The van der Waals surface area contributed by atoms with Gasteiger partial charge in [-0.3, -0.25) is 0 Å². The van der Waals surface area contributed by atoms with Crippen LogP contribution in [0.1, 0.15) is 0 Å². The predicted octanol–water partition coefficient (Wildman–Crippen LogP) is 7.60. The molecule has 2 nitrogen and oxygen atoms in total. The molecule has 1 saturated heterocycles. The van der Waals surface area contributed by atoms with Gasteiger partial charge in [-0.1, -0.05) is 87.5 Å². The second kappa shape index (κ2) is 12.4. The maximum absolute atomic E-state index is 11.0. The van der Waals surface area contributed by atoms with Gasteiger partial charge in [0.15, 0.2) is 0 Å². The van der Waals surface area contributed by atoms with Gasteiger partial charge in [0.2, 0.25) is 0 Å². The molecule has 0 aromatic carbocycles. The van der Waals surface area contributed by atoms with Gasteiger partial charge in [0, 0.05) is 0 Å². The summed E-state index contributed by atoms with van der Waals surface area (Å²) in [5, 5.41) is 9.11. The van der Waals surface area contributed by atoms with E-state index in [0.717, 1.165) is 47.7 Å². The summed E-state index contributed by atoms with van der Waals surface area (Å²) in [7, 11) is 11.3. The Kier molecular flexibility index (Phi) is 14.6. The summed E-state index contributed by atoms with van der Waals surface area (Å²) in [4.78, 5) is 11.0. The molecule has 10 unspecified atom stereocenters. The Morgan fingerprint density at radius 3 is 1.40 bits per heavy atom. The molecule has 15 heavy (non-hydrogen) atoms. The predicted molar refractivity (Wildman–Crippen MR) is 106 cm³/mol. The number of carbonyl (C=O) groups is 1. The number of hydrogen-bond acceptors (Lipinski definition) is 1. The molecule has 0 aromatic rings. The molecule has 1 rings (SSSR count). The van der Waals surface area contributed by atoms with Gasteiger partial charge in [0.05, 0.1) is 7.30 Å². The van der Waals surface area contributed by atoms with Gasteiger partial charge < -0.3 is 5.11 Å². The number of hydrogen-bond donors (Lipinski definition) is 1. The summed E-state index contributed by atoms with van der Waals surface area (Å²) >= 11 is 0. The van der Waals surface area contributed by atoms with Crippen molar-refractivity contribution in [3.8, 4) is 0 Å². The lowest BCUT2D eigenvalue weighted by Gasteiger charge is -2.13. The van der Waals surface area contributed by atoms with Crippen molar-refractivity contribution < 1.29 is 9.90 Å². The summed E-state index contributed by atoms with van der Waals surface area (Å²) in [6.07, 6.45) is 0. The van der Waals surface area contributed by atoms with Crippen molar-refractivity contribution in [2.45, 2.75) is 0 Å². The van der Waals surface area contributed by atoms with E-state index in [0.29, 0.717) is 0 Å². The Balaban J connectivity index is 2.28. The van der Waals surface area contributed by atoms with E-state index in [9.17, 15) is 4.79 Å². The molecule has 0 saturated carbocycles. The SMILES string of the molecule is O=C(O)P1PPPPPPPPPPP1. The summed E-state index contributed by atoms with van der Waals surface area (Å²) in [5.41, 5.74) is -0.452. The molecule has 1 aliphatic heterocycles. The highest BCUT2D eigenvalue weighted by atomic mass is 33.0. The lowest BCUT2D eigenvalue weighted by molar-refractivity contribution is 0.221. The Morgan fingerprint density at radius 1 is 0.733 bits per heavy atom. The summed E-state index contributed by atoms with van der Waals surface area (Å²) in [6, 6.07) is 0. The molecule has 0 bridgehead atoms. The minimum atomic E-state index is -0.596. The number of carboxylic acid groups (broad SMARTS) is 1. The monoisotopic (exact) mass is 428 g/mol. The van der Waals surface area contributed by atoms with E-state index in [1.165, 1.54) is 39.8 Å². The first-order chi connectivity index (χ1) is 7.30. The van der Waals surface area contributed by atoms with E-state index in [1.807, 2.05) is 0 Å². The molecule has 10 atom stereocenters. The smallest absolute Gasteiger partial charge is 0.332 e. The zero-order valence-electron chi connectivity index (χ0n) is 7.30. The van der Waals surface area contributed by atoms with Gasteiger partial charge in [-0.05, 0) is 0 Å². The molecule has 14 heteroatoms. The summed E-state index contributed by atoms with van der Waals surface area (Å²) in [6.45, 7) is 0. The molecule has 1 aliphatic rings. The quantitative estimate of drug-likeness (QED) is 0.437. The van der Waals surface area contributed by atoms with Gasteiger partial charge in [-0.25, -0.2) is 4.79 Å². The molecule has 0 aromatic heterocycles. The molecule has 88 valence electrons. The molecule has 1 N–H and O–H groups in total. The Bertz CT molecular complexity index is 170. The van der Waals surface area contributed by atoms with E-state index in [2.05, 4.69) is 0 Å². The minimum absolute atomic E-state index is 0.452. The first-order valence-corrected chi connectivity index (χ1v) is 27.6. The standard InChI is InChI=1S/CH12O2P12/c2-1(3)15-13-11-9-7-5-4-6-8-10-12-14-15/h4-14H,(H,2,3). The van der Waals surface area contributed by atoms with Crippen molar-refractivity contribution in [2.75, 3.05) is 0 Å². The van der Waals surface area contributed by atoms with Crippen LogP contribution in [0, 0.1) is 0 Å². The van der Waals surface area contributed by atoms with E-state index < -0.39 is 13.0 Å². The van der Waals surface area contributed by atoms with Crippen LogP contribution in [0.2, 0.25) is 0 Å². The Hall–Kier alpha value is 4.63. The van der Waals surface area contributed by atoms with E-state index in [4.69, 9.17) is 5.11 Å². The van der Waals surface area contributed by atoms with Crippen LogP contribution in [0.5, 0.6) is 0 Å². The molecule has 0 aliphatic carbocycles. The second-order valence-electron chi connectivity index (χ2n) is 1.97. The average Bonchev–Trinajstić information content (AvgIpc) is 2.18. The van der Waals surface area contributed by atoms with Crippen molar-refractivity contribution in [3.05, 3.63) is 0 Å². The maximum atomic E-state index is 11.0. The first-order valence-electron chi connectivity index (χ1n) is 3.60. The fourth-order valence-electron chi connectivity index (χ4n) is 0.510. The van der Waals surface area contributed by atoms with Crippen LogP contribution in [0.3, 0.4) is 0 Å². The van der Waals surface area contributed by atoms with Crippen molar-refractivity contribution in [1.82, 2.24) is 0 Å². The Labute approximate surface area is 110 Å². The van der Waals surface area contributed by atoms with Crippen molar-refractivity contribution in [2.24, 2.45) is 0 Å². The largest absolute Gasteiger partial charge is 0.478 e. The summed E-state index contributed by atoms with van der Waals surface area (Å²) in [5.74, 6) is 0. The van der Waals surface area contributed by atoms with E-state index in [-0.39, 0.29) is 0 Å². The lowest BCUT2D eigenvalue weighted by Crippen LogP contribution is -1.76. The van der Waals surface area contributed by atoms with Crippen LogP contribution >= 0.6 is 94.8 Å². The van der Waals surface area contributed by atoms with E-state index >= 15 is 0 Å². The molecule has 0 radical (unpaired) electrons. The molecule has 1 heterocycles. The average molecular weight is 428 g/mol. The van der Waals surface area contributed by atoms with Crippen LogP contribution in [0.25, 0.3) is 0 Å². The topological polar surface area (TPSA) is 37.3 Å². The van der Waals surface area contributed by atoms with Gasteiger partial charge in [-0.2, -0.15) is 0 Å². The maximum Gasteiger partial charge on any atom is 0.332 e.